The van der Waals surface area contributed by atoms with Crippen molar-refractivity contribution in [1.82, 2.24) is 4.72 Å². The highest BCUT2D eigenvalue weighted by Gasteiger charge is 2.41. The molecule has 0 unspecified atom stereocenters. The average molecular weight is 441 g/mol. The van der Waals surface area contributed by atoms with E-state index in [1.54, 1.807) is 12.1 Å². The SMILES string of the molecule is CCCCCCCCc1ccc(NS(=O)(=O)NC2(CC(=O)O)CC[NH+](C)CC2)cc1. The van der Waals surface area contributed by atoms with Gasteiger partial charge in [0.15, 0.2) is 0 Å². The third-order valence-electron chi connectivity index (χ3n) is 5.93. The lowest BCUT2D eigenvalue weighted by atomic mass is 9.86. The van der Waals surface area contributed by atoms with Gasteiger partial charge in [-0.1, -0.05) is 51.2 Å². The third-order valence-corrected chi connectivity index (χ3v) is 7.13. The molecule has 1 heterocycles. The van der Waals surface area contributed by atoms with Crippen molar-refractivity contribution in [2.75, 3.05) is 24.9 Å². The number of carboxylic acid groups (broad SMARTS) is 1. The molecule has 2 rings (SSSR count). The van der Waals surface area contributed by atoms with E-state index < -0.39 is 21.7 Å². The number of aryl methyl sites for hydroxylation is 1. The van der Waals surface area contributed by atoms with Gasteiger partial charge in [0.05, 0.1) is 32.1 Å². The molecule has 170 valence electrons. The highest BCUT2D eigenvalue weighted by atomic mass is 32.2. The van der Waals surface area contributed by atoms with Gasteiger partial charge in [-0.15, -0.1) is 0 Å². The van der Waals surface area contributed by atoms with Crippen LogP contribution in [0.1, 0.15) is 70.3 Å². The number of quaternary nitrogens is 1. The highest BCUT2D eigenvalue weighted by molar-refractivity contribution is 7.90. The van der Waals surface area contributed by atoms with E-state index in [-0.39, 0.29) is 6.42 Å². The van der Waals surface area contributed by atoms with E-state index in [2.05, 4.69) is 16.4 Å². The van der Waals surface area contributed by atoms with Crippen molar-refractivity contribution in [3.8, 4) is 0 Å². The fraction of sp³-hybridized carbons (Fsp3) is 0.682. The van der Waals surface area contributed by atoms with Gasteiger partial charge in [-0.2, -0.15) is 13.1 Å². The zero-order valence-corrected chi connectivity index (χ0v) is 19.2. The lowest BCUT2D eigenvalue weighted by Gasteiger charge is -2.38. The summed E-state index contributed by atoms with van der Waals surface area (Å²) in [5, 5.41) is 9.28. The predicted octanol–water partition coefficient (Wildman–Crippen LogP) is 2.36. The Balaban J connectivity index is 1.90. The number of carbonyl (C=O) groups is 1. The second kappa shape index (κ2) is 11.7. The standard InChI is InChI=1S/C22H37N3O4S/c1-3-4-5-6-7-8-9-19-10-12-20(13-11-19)23-30(28,29)24-22(18-21(26)27)14-16-25(2)17-15-22/h10-13,23-24H,3-9,14-18H2,1-2H3,(H,26,27)/p+1. The molecule has 1 aliphatic heterocycles. The Bertz CT molecular complexity index is 757. The van der Waals surface area contributed by atoms with Crippen LogP contribution in [-0.2, 0) is 21.4 Å². The summed E-state index contributed by atoms with van der Waals surface area (Å²) in [6.45, 7) is 3.69. The van der Waals surface area contributed by atoms with E-state index in [0.29, 0.717) is 18.5 Å². The Morgan fingerprint density at radius 1 is 1.07 bits per heavy atom. The summed E-state index contributed by atoms with van der Waals surface area (Å²) in [5.74, 6) is -0.990. The topological polar surface area (TPSA) is 99.9 Å². The Kier molecular flexibility index (Phi) is 9.58. The minimum Gasteiger partial charge on any atom is -0.481 e. The van der Waals surface area contributed by atoms with Crippen LogP contribution in [0.2, 0.25) is 0 Å². The number of piperidine rings is 1. The monoisotopic (exact) mass is 440 g/mol. The van der Waals surface area contributed by atoms with E-state index >= 15 is 0 Å². The maximum Gasteiger partial charge on any atom is 0.305 e. The average Bonchev–Trinajstić information content (AvgIpc) is 2.67. The maximum atomic E-state index is 12.7. The molecule has 0 atom stereocenters. The van der Waals surface area contributed by atoms with Crippen LogP contribution in [0.4, 0.5) is 5.69 Å². The number of aliphatic carboxylic acids is 1. The molecule has 0 amide bonds. The summed E-state index contributed by atoms with van der Waals surface area (Å²) in [7, 11) is -1.84. The van der Waals surface area contributed by atoms with Gasteiger partial charge in [-0.25, -0.2) is 0 Å². The zero-order chi connectivity index (χ0) is 22.0. The summed E-state index contributed by atoms with van der Waals surface area (Å²) in [5.41, 5.74) is 0.745. The number of likely N-dealkylation sites (tertiary alicyclic amines) is 1. The van der Waals surface area contributed by atoms with E-state index in [0.717, 1.165) is 25.9 Å². The van der Waals surface area contributed by atoms with Crippen molar-refractivity contribution in [3.05, 3.63) is 29.8 Å². The number of unbranched alkanes of at least 4 members (excludes halogenated alkanes) is 5. The molecule has 4 N–H and O–H groups in total. The molecule has 0 spiro atoms. The highest BCUT2D eigenvalue weighted by Crippen LogP contribution is 2.23. The first-order chi connectivity index (χ1) is 14.2. The van der Waals surface area contributed by atoms with E-state index in [1.165, 1.54) is 42.6 Å². The number of nitrogens with one attached hydrogen (secondary N) is 3. The van der Waals surface area contributed by atoms with Crippen LogP contribution in [0.3, 0.4) is 0 Å². The number of carboxylic acids is 1. The molecule has 1 aromatic rings. The van der Waals surface area contributed by atoms with Crippen LogP contribution in [0.5, 0.6) is 0 Å². The zero-order valence-electron chi connectivity index (χ0n) is 18.4. The van der Waals surface area contributed by atoms with Crippen LogP contribution in [0.15, 0.2) is 24.3 Å². The van der Waals surface area contributed by atoms with Gasteiger partial charge < -0.3 is 10.0 Å². The van der Waals surface area contributed by atoms with E-state index in [9.17, 15) is 18.3 Å². The minimum atomic E-state index is -3.87. The van der Waals surface area contributed by atoms with Crippen molar-refractivity contribution >= 4 is 21.9 Å². The Morgan fingerprint density at radius 3 is 2.27 bits per heavy atom. The number of hydrogen-bond donors (Lipinski definition) is 4. The first kappa shape index (κ1) is 24.6. The van der Waals surface area contributed by atoms with Crippen molar-refractivity contribution in [2.24, 2.45) is 0 Å². The summed E-state index contributed by atoms with van der Waals surface area (Å²) >= 11 is 0. The molecule has 30 heavy (non-hydrogen) atoms. The van der Waals surface area contributed by atoms with Crippen molar-refractivity contribution < 1.29 is 23.2 Å². The molecule has 0 aliphatic carbocycles. The van der Waals surface area contributed by atoms with Crippen LogP contribution in [0.25, 0.3) is 0 Å². The van der Waals surface area contributed by atoms with Gasteiger partial charge in [0.25, 0.3) is 10.2 Å². The summed E-state index contributed by atoms with van der Waals surface area (Å²) in [6.07, 6.45) is 9.28. The van der Waals surface area contributed by atoms with E-state index in [1.807, 2.05) is 19.2 Å². The van der Waals surface area contributed by atoms with Crippen LogP contribution < -0.4 is 14.3 Å². The lowest BCUT2D eigenvalue weighted by Crippen LogP contribution is -3.11. The molecule has 1 aromatic carbocycles. The molecule has 1 fully saturated rings. The maximum absolute atomic E-state index is 12.7. The van der Waals surface area contributed by atoms with Crippen LogP contribution in [0, 0.1) is 0 Å². The van der Waals surface area contributed by atoms with Crippen molar-refractivity contribution in [1.29, 1.82) is 0 Å². The smallest absolute Gasteiger partial charge is 0.305 e. The summed E-state index contributed by atoms with van der Waals surface area (Å²) in [4.78, 5) is 12.6. The molecule has 0 bridgehead atoms. The normalized spacial score (nSPS) is 22.0. The van der Waals surface area contributed by atoms with Crippen molar-refractivity contribution in [3.63, 3.8) is 0 Å². The minimum absolute atomic E-state index is 0.210. The second-order valence-corrected chi connectivity index (χ2v) is 10.1. The molecule has 0 saturated carbocycles. The summed E-state index contributed by atoms with van der Waals surface area (Å²) < 4.78 is 30.6. The Labute approximate surface area is 181 Å². The number of hydrogen-bond acceptors (Lipinski definition) is 3. The largest absolute Gasteiger partial charge is 0.481 e. The fourth-order valence-electron chi connectivity index (χ4n) is 4.07. The van der Waals surface area contributed by atoms with Gasteiger partial charge in [0.2, 0.25) is 0 Å². The number of rotatable bonds is 13. The van der Waals surface area contributed by atoms with Crippen LogP contribution in [-0.4, -0.2) is 45.2 Å². The molecular weight excluding hydrogens is 402 g/mol. The van der Waals surface area contributed by atoms with Gasteiger partial charge in [-0.05, 0) is 30.5 Å². The molecule has 8 heteroatoms. The van der Waals surface area contributed by atoms with Gasteiger partial charge in [0.1, 0.15) is 0 Å². The number of benzene rings is 1. The van der Waals surface area contributed by atoms with Gasteiger partial charge in [0, 0.05) is 18.5 Å². The van der Waals surface area contributed by atoms with Crippen LogP contribution >= 0.6 is 0 Å². The molecule has 1 aliphatic rings. The quantitative estimate of drug-likeness (QED) is 0.354. The number of anilines is 1. The van der Waals surface area contributed by atoms with Gasteiger partial charge >= 0.3 is 5.97 Å². The molecule has 7 nitrogen and oxygen atoms in total. The Morgan fingerprint density at radius 2 is 1.67 bits per heavy atom. The second-order valence-electron chi connectivity index (χ2n) is 8.73. The summed E-state index contributed by atoms with van der Waals surface area (Å²) in [6, 6.07) is 7.45. The molecule has 0 radical (unpaired) electrons. The lowest BCUT2D eigenvalue weighted by molar-refractivity contribution is -0.886. The molecule has 0 aromatic heterocycles. The first-order valence-electron chi connectivity index (χ1n) is 11.2. The van der Waals surface area contributed by atoms with E-state index in [4.69, 9.17) is 0 Å². The first-order valence-corrected chi connectivity index (χ1v) is 12.7. The molecular formula is C22H38N3O4S+. The van der Waals surface area contributed by atoms with Crippen molar-refractivity contribution in [2.45, 2.75) is 76.7 Å². The third kappa shape index (κ3) is 8.62. The Hall–Kier alpha value is -1.64. The predicted molar refractivity (Wildman–Crippen MR) is 120 cm³/mol. The fourth-order valence-corrected chi connectivity index (χ4v) is 5.42. The molecule has 1 saturated heterocycles. The van der Waals surface area contributed by atoms with Gasteiger partial charge in [-0.3, -0.25) is 9.52 Å².